The van der Waals surface area contributed by atoms with Crippen LogP contribution in [0.15, 0.2) is 24.3 Å². The summed E-state index contributed by atoms with van der Waals surface area (Å²) in [4.78, 5) is 24.6. The van der Waals surface area contributed by atoms with Gasteiger partial charge in [-0.05, 0) is 81.2 Å². The number of carbonyl (C=O) groups excluding carboxylic acids is 1. The molecule has 1 rings (SSSR count). The first kappa shape index (κ1) is 33.2. The molecule has 1 aromatic carbocycles. The summed E-state index contributed by atoms with van der Waals surface area (Å²) in [6.45, 7) is 26.9. The predicted octanol–water partition coefficient (Wildman–Crippen LogP) is 7.37. The molecule has 0 fully saturated rings. The first-order valence-corrected chi connectivity index (χ1v) is 18.9. The maximum Gasteiger partial charge on any atom is 0.407 e. The average Bonchev–Trinajstić information content (AvgIpc) is 2.64. The summed E-state index contributed by atoms with van der Waals surface area (Å²) in [6.07, 6.45) is -1.13. The Bertz CT molecular complexity index is 909. The Labute approximate surface area is 226 Å². The Morgan fingerprint density at radius 3 is 1.76 bits per heavy atom. The first-order valence-electron chi connectivity index (χ1n) is 13.1. The zero-order valence-electron chi connectivity index (χ0n) is 25.4. The van der Waals surface area contributed by atoms with Gasteiger partial charge in [-0.1, -0.05) is 53.7 Å². The van der Waals surface area contributed by atoms with E-state index >= 15 is 0 Å². The second kappa shape index (κ2) is 11.9. The molecule has 0 aliphatic rings. The number of carboxylic acids is 1. The Balaban J connectivity index is 3.30. The molecule has 1 aromatic rings. The van der Waals surface area contributed by atoms with E-state index in [0.29, 0.717) is 6.42 Å². The molecule has 9 heteroatoms. The highest BCUT2D eigenvalue weighted by Gasteiger charge is 2.42. The predicted molar refractivity (Wildman–Crippen MR) is 155 cm³/mol. The molecule has 0 unspecified atom stereocenters. The van der Waals surface area contributed by atoms with Crippen molar-refractivity contribution in [3.05, 3.63) is 29.8 Å². The summed E-state index contributed by atoms with van der Waals surface area (Å²) in [7, 11) is -4.31. The standard InChI is InChI=1S/C28H51NO6Si2/c1-26(2,3)33-25(32)29-22(23(19-24(30)31)35-37(12,13)28(7,8)9)18-20-14-16-21(17-15-20)34-36(10,11)27(4,5)6/h14-17,22-23H,18-19H2,1-13H3,(H,29,32)(H,30,31)/t22-,23-/m0/s1. The Hall–Kier alpha value is -1.85. The van der Waals surface area contributed by atoms with E-state index in [4.69, 9.17) is 13.6 Å². The normalized spacial score (nSPS) is 15.1. The lowest BCUT2D eigenvalue weighted by Crippen LogP contribution is -2.53. The van der Waals surface area contributed by atoms with Crippen LogP contribution in [0.25, 0.3) is 0 Å². The summed E-state index contributed by atoms with van der Waals surface area (Å²) in [5, 5.41) is 12.6. The van der Waals surface area contributed by atoms with E-state index in [1.165, 1.54) is 0 Å². The van der Waals surface area contributed by atoms with Gasteiger partial charge in [0.25, 0.3) is 0 Å². The van der Waals surface area contributed by atoms with Crippen molar-refractivity contribution in [3.8, 4) is 5.75 Å². The lowest BCUT2D eigenvalue weighted by Gasteiger charge is -2.41. The zero-order chi connectivity index (χ0) is 29.0. The van der Waals surface area contributed by atoms with Crippen LogP contribution in [0, 0.1) is 0 Å². The van der Waals surface area contributed by atoms with Crippen molar-refractivity contribution in [1.82, 2.24) is 5.32 Å². The van der Waals surface area contributed by atoms with Crippen LogP contribution in [0.4, 0.5) is 4.79 Å². The molecule has 0 saturated carbocycles. The van der Waals surface area contributed by atoms with E-state index < -0.39 is 46.4 Å². The minimum Gasteiger partial charge on any atom is -0.544 e. The molecule has 37 heavy (non-hydrogen) atoms. The van der Waals surface area contributed by atoms with Gasteiger partial charge in [-0.15, -0.1) is 0 Å². The maximum absolute atomic E-state index is 12.8. The Morgan fingerprint density at radius 1 is 0.865 bits per heavy atom. The first-order chi connectivity index (χ1) is 16.4. The molecule has 0 heterocycles. The number of nitrogens with one attached hydrogen (secondary N) is 1. The third kappa shape index (κ3) is 10.8. The third-order valence-electron chi connectivity index (χ3n) is 7.34. The molecule has 2 N–H and O–H groups in total. The molecule has 0 aliphatic heterocycles. The van der Waals surface area contributed by atoms with Crippen molar-refractivity contribution in [2.75, 3.05) is 0 Å². The van der Waals surface area contributed by atoms with Crippen molar-refractivity contribution in [2.24, 2.45) is 0 Å². The highest BCUT2D eigenvalue weighted by molar-refractivity contribution is 6.75. The fourth-order valence-electron chi connectivity index (χ4n) is 3.12. The zero-order valence-corrected chi connectivity index (χ0v) is 27.4. The van der Waals surface area contributed by atoms with Crippen LogP contribution in [-0.2, 0) is 20.4 Å². The Kier molecular flexibility index (Phi) is 10.7. The minimum absolute atomic E-state index is 0.0826. The van der Waals surface area contributed by atoms with Crippen LogP contribution in [0.1, 0.15) is 74.3 Å². The molecule has 1 amide bonds. The van der Waals surface area contributed by atoms with Crippen LogP contribution < -0.4 is 9.74 Å². The molecule has 0 aliphatic carbocycles. The van der Waals surface area contributed by atoms with Gasteiger partial charge in [0.2, 0.25) is 8.32 Å². The van der Waals surface area contributed by atoms with Gasteiger partial charge >= 0.3 is 12.1 Å². The highest BCUT2D eigenvalue weighted by atomic mass is 28.4. The van der Waals surface area contributed by atoms with Gasteiger partial charge in [0.15, 0.2) is 8.32 Å². The number of carboxylic acid groups (broad SMARTS) is 1. The second-order valence-corrected chi connectivity index (χ2v) is 23.5. The number of hydrogen-bond donors (Lipinski definition) is 2. The van der Waals surface area contributed by atoms with E-state index in [9.17, 15) is 14.7 Å². The summed E-state index contributed by atoms with van der Waals surface area (Å²) in [5.41, 5.74) is 0.262. The van der Waals surface area contributed by atoms with Gasteiger partial charge in [0, 0.05) is 0 Å². The van der Waals surface area contributed by atoms with Crippen LogP contribution in [-0.4, -0.2) is 51.6 Å². The van der Waals surface area contributed by atoms with Crippen LogP contribution in [0.5, 0.6) is 5.75 Å². The van der Waals surface area contributed by atoms with Gasteiger partial charge in [-0.2, -0.15) is 0 Å². The number of ether oxygens (including phenoxy) is 1. The maximum atomic E-state index is 12.8. The highest BCUT2D eigenvalue weighted by Crippen LogP contribution is 2.39. The van der Waals surface area contributed by atoms with Crippen molar-refractivity contribution in [2.45, 2.75) is 129 Å². The summed E-state index contributed by atoms with van der Waals surface area (Å²) in [6, 6.07) is 7.24. The summed E-state index contributed by atoms with van der Waals surface area (Å²) < 4.78 is 18.5. The molecule has 0 saturated heterocycles. The molecule has 212 valence electrons. The molecule has 0 spiro atoms. The summed E-state index contributed by atoms with van der Waals surface area (Å²) >= 11 is 0. The monoisotopic (exact) mass is 553 g/mol. The number of hydrogen-bond acceptors (Lipinski definition) is 5. The SMILES string of the molecule is CC(C)(C)OC(=O)N[C@@H](Cc1ccc(O[Si](C)(C)C(C)(C)C)cc1)[C@H](CC(=O)O)O[Si](C)(C)C(C)(C)C. The van der Waals surface area contributed by atoms with Crippen LogP contribution in [0.3, 0.4) is 0 Å². The number of benzene rings is 1. The third-order valence-corrected chi connectivity index (χ3v) is 16.2. The summed E-state index contributed by atoms with van der Waals surface area (Å²) in [5.74, 6) is -0.163. The number of rotatable bonds is 10. The Morgan fingerprint density at radius 2 is 1.35 bits per heavy atom. The van der Waals surface area contributed by atoms with Gasteiger partial charge in [0.05, 0.1) is 18.6 Å². The number of alkyl carbamates (subject to hydrolysis) is 1. The second-order valence-electron chi connectivity index (χ2n) is 14.0. The molecular formula is C28H51NO6Si2. The number of amides is 1. The number of aliphatic carboxylic acids is 1. The molecule has 0 radical (unpaired) electrons. The van der Waals surface area contributed by atoms with Crippen LogP contribution in [0.2, 0.25) is 36.3 Å². The van der Waals surface area contributed by atoms with Crippen molar-refractivity contribution < 1.29 is 28.3 Å². The topological polar surface area (TPSA) is 94.1 Å². The fourth-order valence-corrected chi connectivity index (χ4v) is 5.51. The molecular weight excluding hydrogens is 502 g/mol. The largest absolute Gasteiger partial charge is 0.544 e. The fraction of sp³-hybridized carbons (Fsp3) is 0.714. The average molecular weight is 554 g/mol. The van der Waals surface area contributed by atoms with Gasteiger partial charge in [-0.3, -0.25) is 4.79 Å². The van der Waals surface area contributed by atoms with Crippen molar-refractivity contribution in [3.63, 3.8) is 0 Å². The molecule has 2 atom stereocenters. The van der Waals surface area contributed by atoms with E-state index in [1.54, 1.807) is 20.8 Å². The van der Waals surface area contributed by atoms with Crippen molar-refractivity contribution >= 4 is 28.7 Å². The quantitative estimate of drug-likeness (QED) is 0.294. The molecule has 0 aromatic heterocycles. The van der Waals surface area contributed by atoms with Crippen LogP contribution >= 0.6 is 0 Å². The smallest absolute Gasteiger partial charge is 0.407 e. The lowest BCUT2D eigenvalue weighted by molar-refractivity contribution is -0.139. The number of carbonyl (C=O) groups is 2. The van der Waals surface area contributed by atoms with E-state index in [1.807, 2.05) is 24.3 Å². The van der Waals surface area contributed by atoms with E-state index in [2.05, 4.69) is 73.0 Å². The van der Waals surface area contributed by atoms with Gasteiger partial charge < -0.3 is 24.0 Å². The molecule has 7 nitrogen and oxygen atoms in total. The van der Waals surface area contributed by atoms with Crippen molar-refractivity contribution in [1.29, 1.82) is 0 Å². The molecule has 0 bridgehead atoms. The van der Waals surface area contributed by atoms with E-state index in [0.717, 1.165) is 11.3 Å². The van der Waals surface area contributed by atoms with Gasteiger partial charge in [-0.25, -0.2) is 4.79 Å². The van der Waals surface area contributed by atoms with Gasteiger partial charge in [0.1, 0.15) is 11.4 Å². The minimum atomic E-state index is -2.34. The lowest BCUT2D eigenvalue weighted by atomic mass is 9.99. The van der Waals surface area contributed by atoms with E-state index in [-0.39, 0.29) is 16.5 Å².